The van der Waals surface area contributed by atoms with Gasteiger partial charge in [-0.1, -0.05) is 0 Å². The number of furan rings is 1. The third-order valence-electron chi connectivity index (χ3n) is 3.20. The smallest absolute Gasteiger partial charge is 0.287 e. The minimum atomic E-state index is -0.268. The lowest BCUT2D eigenvalue weighted by atomic mass is 10.1. The molecule has 0 radical (unpaired) electrons. The van der Waals surface area contributed by atoms with Crippen LogP contribution in [0.1, 0.15) is 22.7 Å². The average molecular weight is 315 g/mol. The van der Waals surface area contributed by atoms with Crippen molar-refractivity contribution >= 4 is 17.7 Å². The van der Waals surface area contributed by atoms with Crippen molar-refractivity contribution in [3.8, 4) is 0 Å². The lowest BCUT2D eigenvalue weighted by Gasteiger charge is -2.31. The summed E-state index contributed by atoms with van der Waals surface area (Å²) in [5, 5.41) is 11.7. The first-order chi connectivity index (χ1) is 10.2. The minimum Gasteiger partial charge on any atom is -0.455 e. The van der Waals surface area contributed by atoms with E-state index >= 15 is 0 Å². The topological polar surface area (TPSA) is 80.9 Å². The normalized spacial score (nSPS) is 22.2. The van der Waals surface area contributed by atoms with Crippen molar-refractivity contribution in [3.63, 3.8) is 0 Å². The number of hydrogen-bond acceptors (Lipinski definition) is 6. The van der Waals surface area contributed by atoms with Gasteiger partial charge in [0.1, 0.15) is 5.76 Å². The highest BCUT2D eigenvalue weighted by Crippen LogP contribution is 2.16. The monoisotopic (exact) mass is 315 g/mol. The van der Waals surface area contributed by atoms with Gasteiger partial charge in [-0.15, -0.1) is 0 Å². The zero-order valence-corrected chi connectivity index (χ0v) is 12.9. The molecular formula is C14H21NO5S. The Hall–Kier alpha value is -1.02. The number of carbonyl (C=O) groups is 1. The van der Waals surface area contributed by atoms with Crippen LogP contribution in [0.4, 0.5) is 0 Å². The van der Waals surface area contributed by atoms with Crippen molar-refractivity contribution < 1.29 is 23.8 Å². The number of carbonyl (C=O) groups excluding carboxylic acids is 1. The van der Waals surface area contributed by atoms with Gasteiger partial charge in [0.25, 0.3) is 5.91 Å². The molecule has 1 aliphatic heterocycles. The van der Waals surface area contributed by atoms with E-state index in [1.807, 2.05) is 12.3 Å². The molecule has 0 aromatic carbocycles. The molecule has 1 amide bonds. The summed E-state index contributed by atoms with van der Waals surface area (Å²) in [5.74, 6) is 1.55. The van der Waals surface area contributed by atoms with Gasteiger partial charge in [0.05, 0.1) is 37.7 Å². The van der Waals surface area contributed by atoms with Crippen LogP contribution in [0.25, 0.3) is 0 Å². The molecule has 0 unspecified atom stereocenters. The van der Waals surface area contributed by atoms with Crippen molar-refractivity contribution in [1.29, 1.82) is 0 Å². The summed E-state index contributed by atoms with van der Waals surface area (Å²) in [5.41, 5.74) is 0. The Kier molecular flexibility index (Phi) is 6.56. The molecule has 0 saturated carbocycles. The van der Waals surface area contributed by atoms with Crippen LogP contribution in [0, 0.1) is 0 Å². The molecule has 1 aromatic rings. The van der Waals surface area contributed by atoms with Gasteiger partial charge in [-0.25, -0.2) is 0 Å². The van der Waals surface area contributed by atoms with Gasteiger partial charge in [0.15, 0.2) is 5.76 Å². The highest BCUT2D eigenvalue weighted by atomic mass is 32.2. The van der Waals surface area contributed by atoms with E-state index in [2.05, 4.69) is 5.32 Å². The molecule has 6 nitrogen and oxygen atoms in total. The number of hydrogen-bond donors (Lipinski definition) is 2. The van der Waals surface area contributed by atoms with Crippen LogP contribution >= 0.6 is 11.8 Å². The van der Waals surface area contributed by atoms with Crippen LogP contribution in [0.3, 0.4) is 0 Å². The summed E-state index contributed by atoms with van der Waals surface area (Å²) < 4.78 is 16.4. The predicted octanol–water partition coefficient (Wildman–Crippen LogP) is 1.04. The quantitative estimate of drug-likeness (QED) is 0.782. The van der Waals surface area contributed by atoms with E-state index in [1.165, 1.54) is 0 Å². The van der Waals surface area contributed by atoms with E-state index in [0.717, 1.165) is 11.5 Å². The van der Waals surface area contributed by atoms with Crippen molar-refractivity contribution in [2.24, 2.45) is 0 Å². The van der Waals surface area contributed by atoms with Crippen molar-refractivity contribution in [2.75, 3.05) is 32.7 Å². The fraction of sp³-hybridized carbons (Fsp3) is 0.643. The van der Waals surface area contributed by atoms with Crippen molar-refractivity contribution in [3.05, 3.63) is 23.7 Å². The van der Waals surface area contributed by atoms with E-state index in [-0.39, 0.29) is 31.3 Å². The van der Waals surface area contributed by atoms with E-state index in [0.29, 0.717) is 25.4 Å². The molecule has 2 heterocycles. The molecule has 1 aliphatic rings. The van der Waals surface area contributed by atoms with Gasteiger partial charge in [-0.3, -0.25) is 4.79 Å². The van der Waals surface area contributed by atoms with Crippen LogP contribution in [-0.4, -0.2) is 55.8 Å². The Balaban J connectivity index is 1.92. The SMILES string of the molecule is CSCc1ccc(C(=O)N[C@@H]2COCC[C@@H]2OCCO)o1. The number of aliphatic hydroxyl groups is 1. The Bertz CT molecular complexity index is 450. The number of nitrogens with one attached hydrogen (secondary N) is 1. The first kappa shape index (κ1) is 16.4. The van der Waals surface area contributed by atoms with Crippen LogP contribution in [-0.2, 0) is 15.2 Å². The van der Waals surface area contributed by atoms with Crippen LogP contribution in [0.15, 0.2) is 16.5 Å². The molecule has 21 heavy (non-hydrogen) atoms. The first-order valence-corrected chi connectivity index (χ1v) is 8.32. The molecule has 7 heteroatoms. The molecule has 1 aromatic heterocycles. The van der Waals surface area contributed by atoms with Gasteiger partial charge < -0.3 is 24.3 Å². The Morgan fingerprint density at radius 2 is 2.43 bits per heavy atom. The summed E-state index contributed by atoms with van der Waals surface area (Å²) in [6, 6.07) is 3.25. The van der Waals surface area contributed by atoms with E-state index in [9.17, 15) is 4.79 Å². The molecule has 0 aliphatic carbocycles. The van der Waals surface area contributed by atoms with E-state index in [1.54, 1.807) is 17.8 Å². The largest absolute Gasteiger partial charge is 0.455 e. The maximum absolute atomic E-state index is 12.2. The molecule has 1 fully saturated rings. The fourth-order valence-electron chi connectivity index (χ4n) is 2.22. The molecule has 0 spiro atoms. The molecular weight excluding hydrogens is 294 g/mol. The minimum absolute atomic E-state index is 0.0335. The van der Waals surface area contributed by atoms with Crippen LogP contribution < -0.4 is 5.32 Å². The van der Waals surface area contributed by atoms with Crippen LogP contribution in [0.2, 0.25) is 0 Å². The van der Waals surface area contributed by atoms with Crippen molar-refractivity contribution in [2.45, 2.75) is 24.3 Å². The summed E-state index contributed by atoms with van der Waals surface area (Å²) in [6.45, 7) is 1.23. The highest BCUT2D eigenvalue weighted by molar-refractivity contribution is 7.97. The number of thioether (sulfide) groups is 1. The van der Waals surface area contributed by atoms with E-state index in [4.69, 9.17) is 19.0 Å². The second-order valence-electron chi connectivity index (χ2n) is 4.78. The zero-order valence-electron chi connectivity index (χ0n) is 12.0. The zero-order chi connectivity index (χ0) is 15.1. The second kappa shape index (κ2) is 8.43. The maximum atomic E-state index is 12.2. The number of amides is 1. The Morgan fingerprint density at radius 3 is 3.19 bits per heavy atom. The van der Waals surface area contributed by atoms with Crippen LogP contribution in [0.5, 0.6) is 0 Å². The van der Waals surface area contributed by atoms with E-state index < -0.39 is 0 Å². The molecule has 2 N–H and O–H groups in total. The Morgan fingerprint density at radius 1 is 1.57 bits per heavy atom. The number of ether oxygens (including phenoxy) is 2. The third-order valence-corrected chi connectivity index (χ3v) is 3.78. The van der Waals surface area contributed by atoms with Gasteiger partial charge in [0.2, 0.25) is 0 Å². The van der Waals surface area contributed by atoms with Gasteiger partial charge in [-0.05, 0) is 24.8 Å². The number of aliphatic hydroxyl groups excluding tert-OH is 1. The molecule has 0 bridgehead atoms. The second-order valence-corrected chi connectivity index (χ2v) is 5.64. The third kappa shape index (κ3) is 4.74. The van der Waals surface area contributed by atoms with Gasteiger partial charge in [0, 0.05) is 6.61 Å². The lowest BCUT2D eigenvalue weighted by molar-refractivity contribution is -0.0613. The standard InChI is InChI=1S/C14H21NO5S/c1-21-9-10-2-3-13(20-10)14(17)15-11-8-18-6-4-12(11)19-7-5-16/h2-3,11-12,16H,4-9H2,1H3,(H,15,17)/t11-,12+/m1/s1. The summed E-state index contributed by atoms with van der Waals surface area (Å²) in [6.07, 6.45) is 2.53. The van der Waals surface area contributed by atoms with Crippen molar-refractivity contribution in [1.82, 2.24) is 5.32 Å². The highest BCUT2D eigenvalue weighted by Gasteiger charge is 2.28. The molecule has 2 rings (SSSR count). The average Bonchev–Trinajstić information content (AvgIpc) is 2.95. The summed E-state index contributed by atoms with van der Waals surface area (Å²) >= 11 is 1.64. The summed E-state index contributed by atoms with van der Waals surface area (Å²) in [7, 11) is 0. The Labute approximate surface area is 128 Å². The van der Waals surface area contributed by atoms with Gasteiger partial charge >= 0.3 is 0 Å². The number of rotatable bonds is 7. The molecule has 2 atom stereocenters. The molecule has 118 valence electrons. The summed E-state index contributed by atoms with van der Waals surface area (Å²) in [4.78, 5) is 12.2. The maximum Gasteiger partial charge on any atom is 0.287 e. The van der Waals surface area contributed by atoms with Gasteiger partial charge in [-0.2, -0.15) is 11.8 Å². The molecule has 1 saturated heterocycles. The lowest BCUT2D eigenvalue weighted by Crippen LogP contribution is -2.50. The first-order valence-electron chi connectivity index (χ1n) is 6.93. The fourth-order valence-corrected chi connectivity index (χ4v) is 2.66. The predicted molar refractivity (Wildman–Crippen MR) is 79.4 cm³/mol.